The van der Waals surface area contributed by atoms with Gasteiger partial charge in [-0.25, -0.2) is 0 Å². The number of Topliss-reactive ketones (excluding diaryl/α,β-unsaturated/α-hetero) is 1. The Bertz CT molecular complexity index is 526. The third-order valence-electron chi connectivity index (χ3n) is 3.73. The summed E-state index contributed by atoms with van der Waals surface area (Å²) in [4.78, 5) is 22.6. The van der Waals surface area contributed by atoms with E-state index in [2.05, 4.69) is 13.8 Å². The minimum atomic E-state index is 0.0376. The van der Waals surface area contributed by atoms with Gasteiger partial charge >= 0.3 is 0 Å². The van der Waals surface area contributed by atoms with Gasteiger partial charge in [-0.3, -0.25) is 9.59 Å². The highest BCUT2D eigenvalue weighted by Gasteiger charge is 2.30. The molecule has 2 nitrogen and oxygen atoms in total. The lowest BCUT2D eigenvalue weighted by atomic mass is 9.72. The van der Waals surface area contributed by atoms with Crippen LogP contribution in [0.2, 0.25) is 0 Å². The summed E-state index contributed by atoms with van der Waals surface area (Å²) in [5.41, 5.74) is 3.10. The molecule has 0 atom stereocenters. The molecule has 0 spiro atoms. The number of hydrogen-bond acceptors (Lipinski definition) is 2. The summed E-state index contributed by atoms with van der Waals surface area (Å²) >= 11 is 0. The molecular formula is C18H24O2. The third kappa shape index (κ3) is 4.44. The highest BCUT2D eigenvalue weighted by molar-refractivity contribution is 5.97. The summed E-state index contributed by atoms with van der Waals surface area (Å²) in [6.45, 7) is 9.78. The Labute approximate surface area is 122 Å². The number of carbonyl (C=O) groups is 2. The quantitative estimate of drug-likeness (QED) is 0.563. The topological polar surface area (TPSA) is 34.1 Å². The van der Waals surface area contributed by atoms with Crippen LogP contribution >= 0.6 is 0 Å². The Hall–Kier alpha value is -1.70. The first-order chi connectivity index (χ1) is 9.24. The van der Waals surface area contributed by atoms with Gasteiger partial charge in [-0.1, -0.05) is 43.7 Å². The average Bonchev–Trinajstić information content (AvgIpc) is 2.33. The summed E-state index contributed by atoms with van der Waals surface area (Å²) < 4.78 is 0. The highest BCUT2D eigenvalue weighted by atomic mass is 16.1. The van der Waals surface area contributed by atoms with Gasteiger partial charge in [0.25, 0.3) is 0 Å². The molecule has 20 heavy (non-hydrogen) atoms. The molecule has 0 N–H and O–H groups in total. The fourth-order valence-corrected chi connectivity index (χ4v) is 2.36. The van der Waals surface area contributed by atoms with Crippen LogP contribution in [-0.2, 0) is 9.59 Å². The van der Waals surface area contributed by atoms with Gasteiger partial charge in [0, 0.05) is 6.42 Å². The first kappa shape index (κ1) is 16.4. The SMILES string of the molecule is CC(=O)C=CC=C(C)C=CC1=C(C)C(=O)CCC1(C)C. The van der Waals surface area contributed by atoms with Crippen molar-refractivity contribution < 1.29 is 9.59 Å². The largest absolute Gasteiger partial charge is 0.295 e. The van der Waals surface area contributed by atoms with Crippen molar-refractivity contribution in [2.24, 2.45) is 5.41 Å². The van der Waals surface area contributed by atoms with Gasteiger partial charge in [-0.05, 0) is 49.8 Å². The van der Waals surface area contributed by atoms with Crippen molar-refractivity contribution in [1.82, 2.24) is 0 Å². The molecule has 1 rings (SSSR count). The molecule has 0 bridgehead atoms. The van der Waals surface area contributed by atoms with E-state index in [1.54, 1.807) is 6.08 Å². The molecule has 0 aliphatic heterocycles. The molecule has 0 amide bonds. The summed E-state index contributed by atoms with van der Waals surface area (Å²) in [6.07, 6.45) is 10.8. The highest BCUT2D eigenvalue weighted by Crippen LogP contribution is 2.39. The second-order valence-electron chi connectivity index (χ2n) is 6.06. The molecule has 0 fully saturated rings. The van der Waals surface area contributed by atoms with E-state index in [-0.39, 0.29) is 17.0 Å². The maximum absolute atomic E-state index is 11.8. The molecule has 0 saturated carbocycles. The number of rotatable bonds is 4. The Morgan fingerprint density at radius 3 is 2.45 bits per heavy atom. The van der Waals surface area contributed by atoms with E-state index >= 15 is 0 Å². The predicted molar refractivity (Wildman–Crippen MR) is 83.4 cm³/mol. The Morgan fingerprint density at radius 2 is 1.85 bits per heavy atom. The molecule has 0 unspecified atom stereocenters. The summed E-state index contributed by atoms with van der Waals surface area (Å²) in [5.74, 6) is 0.290. The van der Waals surface area contributed by atoms with Crippen molar-refractivity contribution in [1.29, 1.82) is 0 Å². The number of allylic oxidation sites excluding steroid dienone is 8. The fraction of sp³-hybridized carbons (Fsp3) is 0.444. The average molecular weight is 272 g/mol. The standard InChI is InChI=1S/C18H24O2/c1-13(7-6-8-14(2)19)9-10-16-15(3)17(20)11-12-18(16,4)5/h6-10H,11-12H2,1-5H3. The van der Waals surface area contributed by atoms with E-state index < -0.39 is 0 Å². The van der Waals surface area contributed by atoms with Gasteiger partial charge in [0.15, 0.2) is 11.6 Å². The van der Waals surface area contributed by atoms with Crippen molar-refractivity contribution in [3.8, 4) is 0 Å². The van der Waals surface area contributed by atoms with E-state index in [0.29, 0.717) is 6.42 Å². The second kappa shape index (κ2) is 6.65. The molecule has 0 heterocycles. The predicted octanol–water partition coefficient (Wildman–Crippen LogP) is 4.34. The first-order valence-corrected chi connectivity index (χ1v) is 7.02. The third-order valence-corrected chi connectivity index (χ3v) is 3.73. The van der Waals surface area contributed by atoms with Crippen LogP contribution in [0.15, 0.2) is 47.1 Å². The van der Waals surface area contributed by atoms with Crippen LogP contribution in [0.25, 0.3) is 0 Å². The van der Waals surface area contributed by atoms with Gasteiger partial charge in [-0.2, -0.15) is 0 Å². The number of hydrogen-bond donors (Lipinski definition) is 0. The zero-order chi connectivity index (χ0) is 15.3. The van der Waals surface area contributed by atoms with Gasteiger partial charge in [0.05, 0.1) is 0 Å². The lowest BCUT2D eigenvalue weighted by Gasteiger charge is -2.32. The van der Waals surface area contributed by atoms with Crippen LogP contribution < -0.4 is 0 Å². The fourth-order valence-electron chi connectivity index (χ4n) is 2.36. The summed E-state index contributed by atoms with van der Waals surface area (Å²) in [7, 11) is 0. The summed E-state index contributed by atoms with van der Waals surface area (Å²) in [6, 6.07) is 0. The molecule has 1 aliphatic carbocycles. The molecule has 0 aromatic rings. The molecule has 0 radical (unpaired) electrons. The minimum Gasteiger partial charge on any atom is -0.295 e. The number of carbonyl (C=O) groups excluding carboxylic acids is 2. The van der Waals surface area contributed by atoms with E-state index in [0.717, 1.165) is 23.1 Å². The normalized spacial score (nSPS) is 20.2. The molecular weight excluding hydrogens is 248 g/mol. The lowest BCUT2D eigenvalue weighted by molar-refractivity contribution is -0.116. The van der Waals surface area contributed by atoms with E-state index in [1.807, 2.05) is 32.1 Å². The second-order valence-corrected chi connectivity index (χ2v) is 6.06. The van der Waals surface area contributed by atoms with Crippen LogP contribution in [0.4, 0.5) is 0 Å². The smallest absolute Gasteiger partial charge is 0.158 e. The maximum atomic E-state index is 11.8. The van der Waals surface area contributed by atoms with Gasteiger partial charge in [0.1, 0.15) is 0 Å². The Kier molecular flexibility index (Phi) is 5.43. The van der Waals surface area contributed by atoms with Crippen molar-refractivity contribution >= 4 is 11.6 Å². The molecule has 0 saturated heterocycles. The van der Waals surface area contributed by atoms with E-state index in [9.17, 15) is 9.59 Å². The van der Waals surface area contributed by atoms with Crippen LogP contribution in [0.3, 0.4) is 0 Å². The zero-order valence-corrected chi connectivity index (χ0v) is 13.1. The van der Waals surface area contributed by atoms with Crippen molar-refractivity contribution in [2.75, 3.05) is 0 Å². The summed E-state index contributed by atoms with van der Waals surface area (Å²) in [5, 5.41) is 0. The number of ketones is 2. The van der Waals surface area contributed by atoms with Crippen LogP contribution in [0.5, 0.6) is 0 Å². The monoisotopic (exact) mass is 272 g/mol. The van der Waals surface area contributed by atoms with E-state index in [4.69, 9.17) is 0 Å². The lowest BCUT2D eigenvalue weighted by Crippen LogP contribution is -2.24. The molecule has 0 aromatic heterocycles. The van der Waals surface area contributed by atoms with Crippen LogP contribution in [0.1, 0.15) is 47.5 Å². The van der Waals surface area contributed by atoms with Crippen molar-refractivity contribution in [3.63, 3.8) is 0 Å². The minimum absolute atomic E-state index is 0.0376. The van der Waals surface area contributed by atoms with Crippen molar-refractivity contribution in [3.05, 3.63) is 47.1 Å². The van der Waals surface area contributed by atoms with Crippen LogP contribution in [0, 0.1) is 5.41 Å². The van der Waals surface area contributed by atoms with Crippen molar-refractivity contribution in [2.45, 2.75) is 47.5 Å². The zero-order valence-electron chi connectivity index (χ0n) is 13.1. The van der Waals surface area contributed by atoms with Crippen LogP contribution in [-0.4, -0.2) is 11.6 Å². The van der Waals surface area contributed by atoms with Gasteiger partial charge in [-0.15, -0.1) is 0 Å². The van der Waals surface area contributed by atoms with Gasteiger partial charge in [0.2, 0.25) is 0 Å². The van der Waals surface area contributed by atoms with E-state index in [1.165, 1.54) is 13.0 Å². The maximum Gasteiger partial charge on any atom is 0.158 e. The molecule has 108 valence electrons. The van der Waals surface area contributed by atoms with Gasteiger partial charge < -0.3 is 0 Å². The molecule has 0 aromatic carbocycles. The first-order valence-electron chi connectivity index (χ1n) is 7.02. The Balaban J connectivity index is 2.95. The molecule has 1 aliphatic rings. The molecule has 2 heteroatoms. The Morgan fingerprint density at radius 1 is 1.20 bits per heavy atom.